The molecule has 10 nitrogen and oxygen atoms in total. The molecule has 11 heteroatoms. The normalized spacial score (nSPS) is 16.8. The van der Waals surface area contributed by atoms with E-state index in [1.807, 2.05) is 4.90 Å². The van der Waals surface area contributed by atoms with Gasteiger partial charge in [-0.05, 0) is 18.1 Å². The predicted octanol–water partition coefficient (Wildman–Crippen LogP) is 1.06. The van der Waals surface area contributed by atoms with Crippen LogP contribution in [0, 0.1) is 5.92 Å². The van der Waals surface area contributed by atoms with Gasteiger partial charge in [0, 0.05) is 18.5 Å². The zero-order valence-corrected chi connectivity index (χ0v) is 18.5. The molecule has 1 atom stereocenters. The Bertz CT molecular complexity index is 1030. The summed E-state index contributed by atoms with van der Waals surface area (Å²) in [5, 5.41) is 2.31. The minimum atomic E-state index is -1.08. The number of anilines is 1. The minimum Gasteiger partial charge on any atom is -0.378 e. The average molecular weight is 458 g/mol. The number of nitrogens with one attached hydrogen (secondary N) is 2. The maximum absolute atomic E-state index is 12.9. The highest BCUT2D eigenvalue weighted by Gasteiger charge is 2.44. The van der Waals surface area contributed by atoms with E-state index in [0.717, 1.165) is 4.90 Å². The highest BCUT2D eigenvalue weighted by molar-refractivity contribution is 7.13. The van der Waals surface area contributed by atoms with Gasteiger partial charge in [0.05, 0.1) is 24.3 Å². The second-order valence-corrected chi connectivity index (χ2v) is 8.61. The van der Waals surface area contributed by atoms with E-state index in [1.54, 1.807) is 43.5 Å². The van der Waals surface area contributed by atoms with Gasteiger partial charge < -0.3 is 9.64 Å². The van der Waals surface area contributed by atoms with E-state index < -0.39 is 29.7 Å². The molecule has 168 valence electrons. The zero-order chi connectivity index (χ0) is 22.8. The molecule has 0 saturated carbocycles. The summed E-state index contributed by atoms with van der Waals surface area (Å²) in [6.45, 7) is 6.05. The van der Waals surface area contributed by atoms with E-state index in [9.17, 15) is 19.2 Å². The highest BCUT2D eigenvalue weighted by Crippen LogP contribution is 2.27. The molecule has 0 aliphatic carbocycles. The molecule has 0 radical (unpaired) electrons. The third kappa shape index (κ3) is 4.08. The second-order valence-electron chi connectivity index (χ2n) is 7.77. The minimum absolute atomic E-state index is 0.165. The molecule has 2 aliphatic heterocycles. The maximum Gasteiger partial charge on any atom is 0.289 e. The summed E-state index contributed by atoms with van der Waals surface area (Å²) in [6, 6.07) is 5.36. The van der Waals surface area contributed by atoms with Gasteiger partial charge in [-0.15, -0.1) is 11.3 Å². The molecular weight excluding hydrogens is 434 g/mol. The van der Waals surface area contributed by atoms with Gasteiger partial charge in [0.25, 0.3) is 23.6 Å². The Morgan fingerprint density at radius 3 is 2.28 bits per heavy atom. The average Bonchev–Trinajstić information content (AvgIpc) is 3.38. The lowest BCUT2D eigenvalue weighted by molar-refractivity contribution is -0.127. The number of nitrogens with zero attached hydrogens (tertiary/aromatic N) is 3. The van der Waals surface area contributed by atoms with Crippen LogP contribution in [0.25, 0.3) is 0 Å². The quantitative estimate of drug-likeness (QED) is 0.509. The van der Waals surface area contributed by atoms with E-state index in [-0.39, 0.29) is 22.7 Å². The van der Waals surface area contributed by atoms with Crippen LogP contribution in [0.15, 0.2) is 29.6 Å². The number of imide groups is 1. The molecule has 1 aromatic heterocycles. The summed E-state index contributed by atoms with van der Waals surface area (Å²) in [5.74, 6) is -2.67. The van der Waals surface area contributed by atoms with Gasteiger partial charge in [-0.2, -0.15) is 0 Å². The number of fused-ring (bicyclic) bond motifs is 1. The van der Waals surface area contributed by atoms with Crippen molar-refractivity contribution in [3.63, 3.8) is 0 Å². The Morgan fingerprint density at radius 2 is 1.69 bits per heavy atom. The molecule has 0 bridgehead atoms. The monoisotopic (exact) mass is 457 g/mol. The molecule has 2 aromatic rings. The first-order valence-corrected chi connectivity index (χ1v) is 11.1. The summed E-state index contributed by atoms with van der Waals surface area (Å²) in [4.78, 5) is 58.3. The molecule has 3 heterocycles. The van der Waals surface area contributed by atoms with Crippen LogP contribution in [-0.2, 0) is 9.53 Å². The second kappa shape index (κ2) is 9.05. The summed E-state index contributed by atoms with van der Waals surface area (Å²) >= 11 is 1.33. The number of amides is 4. The largest absolute Gasteiger partial charge is 0.378 e. The molecule has 0 spiro atoms. The number of ether oxygens (including phenoxy) is 1. The summed E-state index contributed by atoms with van der Waals surface area (Å²) < 4.78 is 5.32. The molecule has 1 unspecified atom stereocenters. The third-order valence-corrected chi connectivity index (χ3v) is 6.21. The number of carbonyl (C=O) groups excluding carboxylic acids is 4. The number of aromatic nitrogens is 1. The lowest BCUT2D eigenvalue weighted by Crippen LogP contribution is -2.56. The Hall–Kier alpha value is -3.31. The van der Waals surface area contributed by atoms with Crippen molar-refractivity contribution in [1.29, 1.82) is 0 Å². The predicted molar refractivity (Wildman–Crippen MR) is 116 cm³/mol. The Labute approximate surface area is 188 Å². The van der Waals surface area contributed by atoms with E-state index in [1.165, 1.54) is 11.3 Å². The van der Waals surface area contributed by atoms with Crippen molar-refractivity contribution in [3.8, 4) is 0 Å². The Balaban J connectivity index is 1.42. The lowest BCUT2D eigenvalue weighted by Gasteiger charge is -2.28. The summed E-state index contributed by atoms with van der Waals surface area (Å²) in [7, 11) is 0. The van der Waals surface area contributed by atoms with Crippen LogP contribution in [0.5, 0.6) is 0 Å². The molecule has 1 saturated heterocycles. The number of thiazole rings is 1. The fourth-order valence-corrected chi connectivity index (χ4v) is 4.56. The van der Waals surface area contributed by atoms with E-state index in [4.69, 9.17) is 4.74 Å². The summed E-state index contributed by atoms with van der Waals surface area (Å²) in [6.07, 6.45) is 0. The molecule has 4 amide bonds. The zero-order valence-electron chi connectivity index (χ0n) is 17.7. The third-order valence-electron chi connectivity index (χ3n) is 5.31. The van der Waals surface area contributed by atoms with Crippen LogP contribution in [0.1, 0.15) is 45.1 Å². The molecule has 4 rings (SSSR count). The van der Waals surface area contributed by atoms with Gasteiger partial charge in [0.2, 0.25) is 0 Å². The van der Waals surface area contributed by atoms with Crippen molar-refractivity contribution in [2.24, 2.45) is 5.92 Å². The van der Waals surface area contributed by atoms with Crippen molar-refractivity contribution in [3.05, 3.63) is 46.5 Å². The van der Waals surface area contributed by atoms with Crippen molar-refractivity contribution < 1.29 is 23.9 Å². The molecule has 1 fully saturated rings. The van der Waals surface area contributed by atoms with E-state index >= 15 is 0 Å². The van der Waals surface area contributed by atoms with Crippen LogP contribution in [0.2, 0.25) is 0 Å². The number of carbonyl (C=O) groups is 4. The van der Waals surface area contributed by atoms with Gasteiger partial charge in [-0.3, -0.25) is 34.9 Å². The first-order chi connectivity index (χ1) is 15.4. The van der Waals surface area contributed by atoms with Crippen molar-refractivity contribution in [1.82, 2.24) is 20.7 Å². The molecule has 2 aliphatic rings. The Kier molecular flexibility index (Phi) is 6.19. The fraction of sp³-hybridized carbons (Fsp3) is 0.381. The van der Waals surface area contributed by atoms with Crippen molar-refractivity contribution in [2.75, 3.05) is 31.2 Å². The van der Waals surface area contributed by atoms with Crippen LogP contribution in [0.4, 0.5) is 5.13 Å². The van der Waals surface area contributed by atoms with Crippen LogP contribution in [-0.4, -0.2) is 65.9 Å². The van der Waals surface area contributed by atoms with Crippen molar-refractivity contribution >= 4 is 40.1 Å². The van der Waals surface area contributed by atoms with E-state index in [2.05, 4.69) is 15.8 Å². The van der Waals surface area contributed by atoms with Gasteiger partial charge in [-0.1, -0.05) is 26.0 Å². The van der Waals surface area contributed by atoms with Crippen LogP contribution < -0.4 is 15.8 Å². The number of morpholine rings is 1. The SMILES string of the molecule is CC(C)C(C(=O)NNC(=O)c1csc(N2CCOCC2)n1)N1C(=O)c2ccccc2C1=O. The molecular formula is C21H23N5O5S. The topological polar surface area (TPSA) is 121 Å². The van der Waals surface area contributed by atoms with Crippen LogP contribution in [0.3, 0.4) is 0 Å². The van der Waals surface area contributed by atoms with Gasteiger partial charge >= 0.3 is 0 Å². The van der Waals surface area contributed by atoms with Crippen LogP contribution >= 0.6 is 11.3 Å². The number of benzene rings is 1. The Morgan fingerprint density at radius 1 is 1.06 bits per heavy atom. The fourth-order valence-electron chi connectivity index (χ4n) is 3.70. The first-order valence-electron chi connectivity index (χ1n) is 10.2. The standard InChI is InChI=1S/C21H23N5O5S/c1-12(2)16(26-19(29)13-5-3-4-6-14(13)20(26)30)18(28)24-23-17(27)15-11-32-21(22-15)25-7-9-31-10-8-25/h3-6,11-12,16H,7-10H2,1-2H3,(H,23,27)(H,24,28). The number of hydrazine groups is 1. The first kappa shape index (κ1) is 21.9. The van der Waals surface area contributed by atoms with Gasteiger partial charge in [0.15, 0.2) is 5.13 Å². The number of rotatable bonds is 5. The smallest absolute Gasteiger partial charge is 0.289 e. The van der Waals surface area contributed by atoms with Gasteiger partial charge in [-0.25, -0.2) is 4.98 Å². The molecule has 1 aromatic carbocycles. The molecule has 32 heavy (non-hydrogen) atoms. The summed E-state index contributed by atoms with van der Waals surface area (Å²) in [5.41, 5.74) is 5.37. The highest BCUT2D eigenvalue weighted by atomic mass is 32.1. The van der Waals surface area contributed by atoms with Crippen molar-refractivity contribution in [2.45, 2.75) is 19.9 Å². The van der Waals surface area contributed by atoms with Gasteiger partial charge in [0.1, 0.15) is 11.7 Å². The lowest BCUT2D eigenvalue weighted by atomic mass is 10.0. The maximum atomic E-state index is 12.9. The molecule has 2 N–H and O–H groups in total. The number of hydrogen-bond acceptors (Lipinski definition) is 8. The van der Waals surface area contributed by atoms with E-state index in [0.29, 0.717) is 31.4 Å². The number of hydrogen-bond donors (Lipinski definition) is 2.